The Balaban J connectivity index is 1.08. The van der Waals surface area contributed by atoms with Crippen LogP contribution < -0.4 is 19.9 Å². The molecular weight excluding hydrogens is 756 g/mol. The van der Waals surface area contributed by atoms with Gasteiger partial charge in [-0.25, -0.2) is 0 Å². The predicted octanol–water partition coefficient (Wildman–Crippen LogP) is 5.95. The van der Waals surface area contributed by atoms with Gasteiger partial charge in [0.05, 0.1) is 43.2 Å². The highest BCUT2D eigenvalue weighted by atomic mass is 35.5. The smallest absolute Gasteiger partial charge is 0.264 e. The summed E-state index contributed by atoms with van der Waals surface area (Å²) >= 11 is 6.44. The fourth-order valence-corrected chi connectivity index (χ4v) is 8.57. The van der Waals surface area contributed by atoms with Gasteiger partial charge in [0, 0.05) is 41.8 Å². The van der Waals surface area contributed by atoms with Gasteiger partial charge in [0.25, 0.3) is 5.91 Å². The van der Waals surface area contributed by atoms with Gasteiger partial charge in [0.2, 0.25) is 11.8 Å². The first-order valence-electron chi connectivity index (χ1n) is 20.1. The van der Waals surface area contributed by atoms with Crippen molar-refractivity contribution in [3.63, 3.8) is 0 Å². The topological polar surface area (TPSA) is 143 Å². The number of carbonyl (C=O) groups is 3. The second-order valence-corrected chi connectivity index (χ2v) is 15.7. The van der Waals surface area contributed by atoms with Crippen LogP contribution in [0.5, 0.6) is 5.75 Å². The summed E-state index contributed by atoms with van der Waals surface area (Å²) in [6.07, 6.45) is 5.91. The van der Waals surface area contributed by atoms with Gasteiger partial charge in [-0.15, -0.1) is 0 Å². The Bertz CT molecular complexity index is 2180. The zero-order valence-corrected chi connectivity index (χ0v) is 33.7. The summed E-state index contributed by atoms with van der Waals surface area (Å²) in [5.74, 6) is -0.722. The quantitative estimate of drug-likeness (QED) is 0.0853. The first-order chi connectivity index (χ1) is 28.1. The lowest BCUT2D eigenvalue weighted by atomic mass is 9.83. The third kappa shape index (κ3) is 8.15. The molecule has 304 valence electrons. The molecule has 7 rings (SSSR count). The molecular formula is C46H51ClN4O7. The SMILES string of the molecule is CCOc1ccc2c(c1)CC(NCCCCO)C(=O)N2c1ccc(CN2C(=O)[C@@](O)([C@@H](C)/C=C/CC(=O)N3Cc4ccccc4C[C@H]3CO)c3cc(Cl)ccc32)cc1. The minimum absolute atomic E-state index is 0.0456. The van der Waals surface area contributed by atoms with Crippen molar-refractivity contribution >= 4 is 46.4 Å². The first-order valence-corrected chi connectivity index (χ1v) is 20.5. The Hall–Kier alpha value is -5.04. The van der Waals surface area contributed by atoms with E-state index < -0.39 is 23.5 Å². The molecule has 3 aliphatic rings. The van der Waals surface area contributed by atoms with E-state index >= 15 is 0 Å². The van der Waals surface area contributed by atoms with Gasteiger partial charge in [0.15, 0.2) is 5.60 Å². The number of rotatable bonds is 15. The number of nitrogens with one attached hydrogen (secondary N) is 1. The number of nitrogens with zero attached hydrogens (tertiary/aromatic N) is 3. The van der Waals surface area contributed by atoms with Crippen LogP contribution in [0.15, 0.2) is 97.1 Å². The molecule has 4 aromatic carbocycles. The lowest BCUT2D eigenvalue weighted by Gasteiger charge is -2.36. The average Bonchev–Trinajstić information content (AvgIpc) is 3.44. The lowest BCUT2D eigenvalue weighted by Crippen LogP contribution is -2.49. The largest absolute Gasteiger partial charge is 0.494 e. The number of fused-ring (bicyclic) bond motifs is 3. The Morgan fingerprint density at radius 3 is 2.47 bits per heavy atom. The molecule has 0 bridgehead atoms. The van der Waals surface area contributed by atoms with Crippen molar-refractivity contribution in [2.75, 3.05) is 36.2 Å². The number of aliphatic hydroxyl groups excluding tert-OH is 2. The first kappa shape index (κ1) is 41.1. The van der Waals surface area contributed by atoms with Crippen molar-refractivity contribution in [2.45, 2.75) is 76.7 Å². The molecule has 0 spiro atoms. The van der Waals surface area contributed by atoms with E-state index in [0.717, 1.165) is 40.1 Å². The van der Waals surface area contributed by atoms with Crippen molar-refractivity contribution in [2.24, 2.45) is 5.92 Å². The predicted molar refractivity (Wildman–Crippen MR) is 224 cm³/mol. The standard InChI is InChI=1S/C46H51ClN4O7/c1-3-58-38-18-20-41-34(24-38)25-40(48-21-6-7-22-52)44(55)51(41)36-16-13-31(14-17-36)27-50-42-19-15-35(47)26-39(42)46(57,45(50)56)30(2)9-8-12-43(54)49-28-33-11-5-4-10-32(33)23-37(49)29-53/h4-5,8-11,13-20,24,26,30,37,40,48,52-53,57H,3,6-7,12,21-23,25,27-29H2,1-2H3/b9-8+/t30-,37-,40?,46+/m0/s1. The molecule has 0 radical (unpaired) electrons. The van der Waals surface area contributed by atoms with E-state index in [2.05, 4.69) is 5.32 Å². The molecule has 0 fully saturated rings. The van der Waals surface area contributed by atoms with Crippen LogP contribution in [-0.2, 0) is 45.9 Å². The number of hydrogen-bond acceptors (Lipinski definition) is 8. The third-order valence-electron chi connectivity index (χ3n) is 11.6. The number of hydrogen-bond donors (Lipinski definition) is 4. The van der Waals surface area contributed by atoms with E-state index in [-0.39, 0.29) is 44.0 Å². The fraction of sp³-hybridized carbons (Fsp3) is 0.370. The van der Waals surface area contributed by atoms with Crippen molar-refractivity contribution in [1.82, 2.24) is 10.2 Å². The van der Waals surface area contributed by atoms with Crippen LogP contribution in [0.2, 0.25) is 5.02 Å². The molecule has 11 nitrogen and oxygen atoms in total. The number of carbonyl (C=O) groups excluding carboxylic acids is 3. The highest BCUT2D eigenvalue weighted by molar-refractivity contribution is 6.31. The van der Waals surface area contributed by atoms with E-state index in [1.165, 1.54) is 0 Å². The minimum atomic E-state index is -1.94. The Labute approximate surface area is 344 Å². The van der Waals surface area contributed by atoms with Crippen LogP contribution in [0.25, 0.3) is 0 Å². The van der Waals surface area contributed by atoms with E-state index in [4.69, 9.17) is 16.3 Å². The molecule has 58 heavy (non-hydrogen) atoms. The summed E-state index contributed by atoms with van der Waals surface area (Å²) in [6.45, 7) is 5.32. The molecule has 3 aliphatic heterocycles. The van der Waals surface area contributed by atoms with Crippen molar-refractivity contribution in [3.05, 3.63) is 130 Å². The van der Waals surface area contributed by atoms with Crippen LogP contribution in [0.3, 0.4) is 0 Å². The van der Waals surface area contributed by atoms with Crippen LogP contribution in [0.4, 0.5) is 17.1 Å². The number of benzene rings is 4. The summed E-state index contributed by atoms with van der Waals surface area (Å²) in [6, 6.07) is 25.4. The summed E-state index contributed by atoms with van der Waals surface area (Å²) in [4.78, 5) is 46.7. The van der Waals surface area contributed by atoms with Crippen LogP contribution in [0, 0.1) is 5.92 Å². The molecule has 3 heterocycles. The maximum Gasteiger partial charge on any atom is 0.264 e. The van der Waals surface area contributed by atoms with Gasteiger partial charge in [0.1, 0.15) is 5.75 Å². The van der Waals surface area contributed by atoms with Crippen LogP contribution >= 0.6 is 11.6 Å². The lowest BCUT2D eigenvalue weighted by molar-refractivity contribution is -0.139. The summed E-state index contributed by atoms with van der Waals surface area (Å²) in [7, 11) is 0. The highest BCUT2D eigenvalue weighted by Gasteiger charge is 2.52. The Kier molecular flexibility index (Phi) is 12.7. The van der Waals surface area contributed by atoms with E-state index in [1.807, 2.05) is 73.7 Å². The van der Waals surface area contributed by atoms with E-state index in [0.29, 0.717) is 60.9 Å². The highest BCUT2D eigenvalue weighted by Crippen LogP contribution is 2.47. The number of unbranched alkanes of at least 4 members (excludes halogenated alkanes) is 1. The van der Waals surface area contributed by atoms with E-state index in [1.54, 1.807) is 52.0 Å². The van der Waals surface area contributed by atoms with Gasteiger partial charge < -0.3 is 35.2 Å². The van der Waals surface area contributed by atoms with Crippen molar-refractivity contribution < 1.29 is 34.4 Å². The van der Waals surface area contributed by atoms with Crippen molar-refractivity contribution in [3.8, 4) is 5.75 Å². The normalized spacial score (nSPS) is 20.6. The number of amides is 3. The number of aliphatic hydroxyl groups is 3. The fourth-order valence-electron chi connectivity index (χ4n) is 8.40. The van der Waals surface area contributed by atoms with Gasteiger partial charge in [-0.2, -0.15) is 0 Å². The summed E-state index contributed by atoms with van der Waals surface area (Å²) < 4.78 is 5.77. The van der Waals surface area contributed by atoms with Gasteiger partial charge >= 0.3 is 0 Å². The zero-order valence-electron chi connectivity index (χ0n) is 32.9. The Morgan fingerprint density at radius 1 is 0.966 bits per heavy atom. The minimum Gasteiger partial charge on any atom is -0.494 e. The van der Waals surface area contributed by atoms with Gasteiger partial charge in [-0.05, 0) is 110 Å². The van der Waals surface area contributed by atoms with Crippen LogP contribution in [0.1, 0.15) is 60.9 Å². The molecule has 3 amide bonds. The summed E-state index contributed by atoms with van der Waals surface area (Å²) in [5, 5.41) is 35.3. The maximum atomic E-state index is 14.3. The maximum absolute atomic E-state index is 14.3. The van der Waals surface area contributed by atoms with Crippen molar-refractivity contribution in [1.29, 1.82) is 0 Å². The second-order valence-electron chi connectivity index (χ2n) is 15.3. The van der Waals surface area contributed by atoms with Crippen LogP contribution in [-0.4, -0.2) is 76.4 Å². The molecule has 1 unspecified atom stereocenters. The number of anilines is 3. The van der Waals surface area contributed by atoms with E-state index in [9.17, 15) is 29.7 Å². The molecule has 12 heteroatoms. The number of ether oxygens (including phenoxy) is 1. The molecule has 4 atom stereocenters. The molecule has 0 aliphatic carbocycles. The molecule has 0 saturated heterocycles. The molecule has 0 aromatic heterocycles. The number of halogens is 1. The monoisotopic (exact) mass is 806 g/mol. The second kappa shape index (κ2) is 17.8. The third-order valence-corrected chi connectivity index (χ3v) is 11.8. The summed E-state index contributed by atoms with van der Waals surface area (Å²) in [5.41, 5.74) is 4.37. The molecule has 4 aromatic rings. The average molecular weight is 807 g/mol. The molecule has 0 saturated carbocycles. The Morgan fingerprint density at radius 2 is 1.72 bits per heavy atom. The zero-order chi connectivity index (χ0) is 41.0. The van der Waals surface area contributed by atoms with Gasteiger partial charge in [-0.1, -0.05) is 67.1 Å². The molecule has 4 N–H and O–H groups in total. The van der Waals surface area contributed by atoms with Gasteiger partial charge in [-0.3, -0.25) is 19.3 Å².